The molecular formula is C15H21NO2S. The molecule has 2 rings (SSSR count). The zero-order valence-electron chi connectivity index (χ0n) is 11.3. The maximum absolute atomic E-state index is 12.7. The van der Waals surface area contributed by atoms with E-state index in [9.17, 15) is 9.90 Å². The molecule has 1 aromatic carbocycles. The van der Waals surface area contributed by atoms with Crippen molar-refractivity contribution in [3.63, 3.8) is 0 Å². The van der Waals surface area contributed by atoms with Gasteiger partial charge in [-0.2, -0.15) is 0 Å². The SMILES string of the molecule is CSc1ccccc1C(=O)N1CCCCCC1CO. The molecule has 1 amide bonds. The van der Waals surface area contributed by atoms with Gasteiger partial charge in [0.1, 0.15) is 0 Å². The predicted octanol–water partition coefficient (Wildman–Crippen LogP) is 2.79. The van der Waals surface area contributed by atoms with Crippen molar-refractivity contribution in [2.45, 2.75) is 36.6 Å². The molecule has 1 heterocycles. The number of likely N-dealkylation sites (tertiary alicyclic amines) is 1. The Hall–Kier alpha value is -1.00. The van der Waals surface area contributed by atoms with Crippen molar-refractivity contribution >= 4 is 17.7 Å². The molecule has 1 aliphatic rings. The number of rotatable bonds is 3. The van der Waals surface area contributed by atoms with E-state index < -0.39 is 0 Å². The van der Waals surface area contributed by atoms with Crippen LogP contribution in [0.15, 0.2) is 29.2 Å². The predicted molar refractivity (Wildman–Crippen MR) is 78.6 cm³/mol. The lowest BCUT2D eigenvalue weighted by Crippen LogP contribution is -2.42. The number of nitrogens with zero attached hydrogens (tertiary/aromatic N) is 1. The third-order valence-electron chi connectivity index (χ3n) is 3.69. The lowest BCUT2D eigenvalue weighted by atomic mass is 10.1. The minimum Gasteiger partial charge on any atom is -0.394 e. The van der Waals surface area contributed by atoms with E-state index in [-0.39, 0.29) is 18.6 Å². The second-order valence-corrected chi connectivity index (χ2v) is 5.73. The van der Waals surface area contributed by atoms with Crippen molar-refractivity contribution in [3.8, 4) is 0 Å². The highest BCUT2D eigenvalue weighted by molar-refractivity contribution is 7.98. The van der Waals surface area contributed by atoms with Gasteiger partial charge in [0.05, 0.1) is 18.2 Å². The van der Waals surface area contributed by atoms with E-state index in [1.54, 1.807) is 11.8 Å². The number of hydrogen-bond acceptors (Lipinski definition) is 3. The summed E-state index contributed by atoms with van der Waals surface area (Å²) in [4.78, 5) is 15.6. The largest absolute Gasteiger partial charge is 0.394 e. The van der Waals surface area contributed by atoms with Gasteiger partial charge in [-0.05, 0) is 31.2 Å². The van der Waals surface area contributed by atoms with Crippen molar-refractivity contribution in [3.05, 3.63) is 29.8 Å². The van der Waals surface area contributed by atoms with Gasteiger partial charge in [-0.1, -0.05) is 25.0 Å². The van der Waals surface area contributed by atoms with Gasteiger partial charge in [-0.25, -0.2) is 0 Å². The molecule has 1 saturated heterocycles. The Bertz CT molecular complexity index is 436. The monoisotopic (exact) mass is 279 g/mol. The van der Waals surface area contributed by atoms with E-state index in [2.05, 4.69) is 0 Å². The zero-order valence-corrected chi connectivity index (χ0v) is 12.2. The molecule has 1 unspecified atom stereocenters. The van der Waals surface area contributed by atoms with Crippen molar-refractivity contribution in [2.75, 3.05) is 19.4 Å². The molecule has 0 bridgehead atoms. The maximum Gasteiger partial charge on any atom is 0.255 e. The van der Waals surface area contributed by atoms with Gasteiger partial charge in [-0.3, -0.25) is 4.79 Å². The third-order valence-corrected chi connectivity index (χ3v) is 4.48. The summed E-state index contributed by atoms with van der Waals surface area (Å²) in [5, 5.41) is 9.51. The summed E-state index contributed by atoms with van der Waals surface area (Å²) in [6, 6.07) is 7.69. The Morgan fingerprint density at radius 3 is 2.89 bits per heavy atom. The van der Waals surface area contributed by atoms with E-state index in [4.69, 9.17) is 0 Å². The Balaban J connectivity index is 2.25. The van der Waals surface area contributed by atoms with Crippen LogP contribution in [0.2, 0.25) is 0 Å². The zero-order chi connectivity index (χ0) is 13.7. The Morgan fingerprint density at radius 1 is 1.37 bits per heavy atom. The quantitative estimate of drug-likeness (QED) is 0.865. The fourth-order valence-corrected chi connectivity index (χ4v) is 3.20. The van der Waals surface area contributed by atoms with Gasteiger partial charge in [0.25, 0.3) is 5.91 Å². The van der Waals surface area contributed by atoms with Crippen molar-refractivity contribution < 1.29 is 9.90 Å². The van der Waals surface area contributed by atoms with Crippen molar-refractivity contribution in [2.24, 2.45) is 0 Å². The fourth-order valence-electron chi connectivity index (χ4n) is 2.61. The second-order valence-electron chi connectivity index (χ2n) is 4.88. The molecule has 4 heteroatoms. The van der Waals surface area contributed by atoms with Crippen LogP contribution in [-0.2, 0) is 0 Å². The first-order valence-electron chi connectivity index (χ1n) is 6.82. The van der Waals surface area contributed by atoms with Crippen LogP contribution in [0.25, 0.3) is 0 Å². The number of hydrogen-bond donors (Lipinski definition) is 1. The van der Waals surface area contributed by atoms with E-state index in [1.165, 1.54) is 0 Å². The number of benzene rings is 1. The molecule has 1 fully saturated rings. The van der Waals surface area contributed by atoms with Crippen LogP contribution in [0.1, 0.15) is 36.0 Å². The van der Waals surface area contributed by atoms with Crippen LogP contribution in [0.4, 0.5) is 0 Å². The standard InChI is InChI=1S/C15H21NO2S/c1-19-14-9-5-4-8-13(14)15(18)16-10-6-2-3-7-12(16)11-17/h4-5,8-9,12,17H,2-3,6-7,10-11H2,1H3. The minimum absolute atomic E-state index is 0.0232. The van der Waals surface area contributed by atoms with Crippen LogP contribution < -0.4 is 0 Å². The van der Waals surface area contributed by atoms with Crippen LogP contribution in [0, 0.1) is 0 Å². The summed E-state index contributed by atoms with van der Waals surface area (Å²) in [5.41, 5.74) is 0.760. The van der Waals surface area contributed by atoms with E-state index in [1.807, 2.05) is 35.4 Å². The molecule has 1 atom stereocenters. The molecule has 3 nitrogen and oxygen atoms in total. The number of amides is 1. The second kappa shape index (κ2) is 6.96. The molecule has 0 aliphatic carbocycles. The summed E-state index contributed by atoms with van der Waals surface area (Å²) >= 11 is 1.59. The number of thioether (sulfide) groups is 1. The number of carbonyl (C=O) groups is 1. The average molecular weight is 279 g/mol. The highest BCUT2D eigenvalue weighted by Gasteiger charge is 2.26. The molecular weight excluding hydrogens is 258 g/mol. The smallest absolute Gasteiger partial charge is 0.255 e. The Kier molecular flexibility index (Phi) is 5.28. The average Bonchev–Trinajstić information content (AvgIpc) is 2.71. The normalized spacial score (nSPS) is 20.1. The highest BCUT2D eigenvalue weighted by atomic mass is 32.2. The lowest BCUT2D eigenvalue weighted by molar-refractivity contribution is 0.0596. The van der Waals surface area contributed by atoms with Gasteiger partial charge in [0, 0.05) is 11.4 Å². The first-order valence-corrected chi connectivity index (χ1v) is 8.05. The molecule has 0 radical (unpaired) electrons. The van der Waals surface area contributed by atoms with Crippen molar-refractivity contribution in [1.82, 2.24) is 4.90 Å². The molecule has 0 spiro atoms. The molecule has 1 aliphatic heterocycles. The molecule has 1 aromatic rings. The van der Waals surface area contributed by atoms with Gasteiger partial charge in [0.15, 0.2) is 0 Å². The first-order chi connectivity index (χ1) is 9.27. The van der Waals surface area contributed by atoms with E-state index in [0.717, 1.165) is 42.7 Å². The summed E-state index contributed by atoms with van der Waals surface area (Å²) in [6.45, 7) is 0.819. The van der Waals surface area contributed by atoms with Gasteiger partial charge < -0.3 is 10.0 Å². The highest BCUT2D eigenvalue weighted by Crippen LogP contribution is 2.24. The molecule has 0 saturated carbocycles. The lowest BCUT2D eigenvalue weighted by Gasteiger charge is -2.29. The Labute approximate surface area is 119 Å². The summed E-state index contributed by atoms with van der Waals surface area (Å²) in [5.74, 6) is 0.0610. The molecule has 104 valence electrons. The van der Waals surface area contributed by atoms with Crippen LogP contribution >= 0.6 is 11.8 Å². The summed E-state index contributed by atoms with van der Waals surface area (Å²) in [6.07, 6.45) is 6.16. The van der Waals surface area contributed by atoms with Gasteiger partial charge in [0.2, 0.25) is 0 Å². The summed E-state index contributed by atoms with van der Waals surface area (Å²) in [7, 11) is 0. The Morgan fingerprint density at radius 2 is 2.16 bits per heavy atom. The number of aliphatic hydroxyl groups is 1. The van der Waals surface area contributed by atoms with Gasteiger partial charge in [-0.15, -0.1) is 11.8 Å². The minimum atomic E-state index is -0.0232. The third kappa shape index (κ3) is 3.31. The topological polar surface area (TPSA) is 40.5 Å². The fraction of sp³-hybridized carbons (Fsp3) is 0.533. The number of aliphatic hydroxyl groups excluding tert-OH is 1. The molecule has 0 aromatic heterocycles. The molecule has 19 heavy (non-hydrogen) atoms. The van der Waals surface area contributed by atoms with Crippen LogP contribution in [-0.4, -0.2) is 41.4 Å². The van der Waals surface area contributed by atoms with Gasteiger partial charge >= 0.3 is 0 Å². The van der Waals surface area contributed by atoms with E-state index in [0.29, 0.717) is 0 Å². The number of carbonyl (C=O) groups excluding carboxylic acids is 1. The summed E-state index contributed by atoms with van der Waals surface area (Å²) < 4.78 is 0. The maximum atomic E-state index is 12.7. The van der Waals surface area contributed by atoms with Crippen LogP contribution in [0.5, 0.6) is 0 Å². The van der Waals surface area contributed by atoms with E-state index >= 15 is 0 Å². The molecule has 1 N–H and O–H groups in total. The first kappa shape index (κ1) is 14.4. The van der Waals surface area contributed by atoms with Crippen LogP contribution in [0.3, 0.4) is 0 Å². The van der Waals surface area contributed by atoms with Crippen molar-refractivity contribution in [1.29, 1.82) is 0 Å².